The van der Waals surface area contributed by atoms with E-state index >= 15 is 0 Å². The minimum Gasteiger partial charge on any atom is -0.493 e. The van der Waals surface area contributed by atoms with Gasteiger partial charge in [0.2, 0.25) is 5.95 Å². The lowest BCUT2D eigenvalue weighted by Crippen LogP contribution is -2.03. The number of nitrogens with zero attached hydrogens (tertiary/aromatic N) is 3. The van der Waals surface area contributed by atoms with Crippen LogP contribution >= 0.6 is 0 Å². The van der Waals surface area contributed by atoms with Gasteiger partial charge in [-0.3, -0.25) is 4.78 Å². The summed E-state index contributed by atoms with van der Waals surface area (Å²) in [5, 5.41) is 3.08. The monoisotopic (exact) mass is 415 g/mol. The topological polar surface area (TPSA) is 101 Å². The van der Waals surface area contributed by atoms with Crippen LogP contribution in [0.1, 0.15) is 18.9 Å². The fraction of sp³-hybridized carbons (Fsp3) is 0.250. The second-order valence-corrected chi connectivity index (χ2v) is 8.89. The van der Waals surface area contributed by atoms with Gasteiger partial charge >= 0.3 is 0 Å². The zero-order chi connectivity index (χ0) is 20.9. The van der Waals surface area contributed by atoms with Gasteiger partial charge in [0.05, 0.1) is 17.9 Å². The van der Waals surface area contributed by atoms with Gasteiger partial charge in [-0.1, -0.05) is 19.1 Å². The van der Waals surface area contributed by atoms with Crippen molar-refractivity contribution in [3.8, 4) is 17.1 Å². The predicted octanol–water partition coefficient (Wildman–Crippen LogP) is 4.39. The molecule has 1 heterocycles. The van der Waals surface area contributed by atoms with Gasteiger partial charge in [0.1, 0.15) is 17.9 Å². The standard InChI is InChI=1S/C20H22FN5O2S/c1-3-9-28-18-11-15(21)7-8-17(18)19-23-13-24-20(26-19)25-16-6-4-5-14(10-16)12-29(2,22)27/h4-8,10-11,13,22H,3,9,12H2,1-2H3,(H,23,24,25,26). The van der Waals surface area contributed by atoms with Crippen LogP contribution in [0.5, 0.6) is 5.75 Å². The Kier molecular flexibility index (Phi) is 6.38. The van der Waals surface area contributed by atoms with Crippen LogP contribution in [-0.2, 0) is 15.5 Å². The summed E-state index contributed by atoms with van der Waals surface area (Å²) in [4.78, 5) is 12.7. The Bertz CT molecular complexity index is 1110. The van der Waals surface area contributed by atoms with Crippen molar-refractivity contribution in [1.29, 1.82) is 4.78 Å². The maximum atomic E-state index is 13.6. The van der Waals surface area contributed by atoms with E-state index in [1.807, 2.05) is 25.1 Å². The van der Waals surface area contributed by atoms with Crippen molar-refractivity contribution in [2.75, 3.05) is 18.2 Å². The van der Waals surface area contributed by atoms with Gasteiger partial charge in [-0.25, -0.2) is 18.6 Å². The molecule has 0 aliphatic carbocycles. The average molecular weight is 415 g/mol. The van der Waals surface area contributed by atoms with E-state index in [4.69, 9.17) is 9.52 Å². The first-order chi connectivity index (χ1) is 13.8. The quantitative estimate of drug-likeness (QED) is 0.566. The van der Waals surface area contributed by atoms with Crippen LogP contribution in [0.25, 0.3) is 11.4 Å². The average Bonchev–Trinajstić information content (AvgIpc) is 2.65. The van der Waals surface area contributed by atoms with Crippen molar-refractivity contribution < 1.29 is 13.3 Å². The van der Waals surface area contributed by atoms with Gasteiger partial charge in [-0.05, 0) is 36.2 Å². The molecule has 0 spiro atoms. The van der Waals surface area contributed by atoms with Gasteiger partial charge in [-0.2, -0.15) is 4.98 Å². The van der Waals surface area contributed by atoms with Gasteiger partial charge in [0.15, 0.2) is 5.82 Å². The first-order valence-electron chi connectivity index (χ1n) is 9.03. The van der Waals surface area contributed by atoms with E-state index in [1.54, 1.807) is 12.1 Å². The molecule has 1 atom stereocenters. The van der Waals surface area contributed by atoms with Crippen LogP contribution in [-0.4, -0.2) is 32.0 Å². The lowest BCUT2D eigenvalue weighted by molar-refractivity contribution is 0.317. The summed E-state index contributed by atoms with van der Waals surface area (Å²) in [5.41, 5.74) is 2.05. The number of nitrogens with one attached hydrogen (secondary N) is 2. The van der Waals surface area contributed by atoms with Crippen molar-refractivity contribution in [1.82, 2.24) is 15.0 Å². The molecule has 0 bridgehead atoms. The largest absolute Gasteiger partial charge is 0.493 e. The number of aromatic nitrogens is 3. The normalized spacial score (nSPS) is 12.9. The fourth-order valence-corrected chi connectivity index (χ4v) is 3.50. The molecular formula is C20H22FN5O2S. The molecule has 2 N–H and O–H groups in total. The number of benzene rings is 2. The number of hydrogen-bond acceptors (Lipinski definition) is 7. The summed E-state index contributed by atoms with van der Waals surface area (Å²) in [6, 6.07) is 11.5. The molecule has 0 saturated heterocycles. The Morgan fingerprint density at radius 3 is 2.79 bits per heavy atom. The maximum absolute atomic E-state index is 13.6. The van der Waals surface area contributed by atoms with E-state index in [0.717, 1.165) is 12.0 Å². The molecular weight excluding hydrogens is 393 g/mol. The lowest BCUT2D eigenvalue weighted by Gasteiger charge is -2.11. The number of halogens is 1. The summed E-state index contributed by atoms with van der Waals surface area (Å²) >= 11 is 0. The Labute approximate surface area is 169 Å². The van der Waals surface area contributed by atoms with Gasteiger partial charge in [-0.15, -0.1) is 0 Å². The molecule has 7 nitrogen and oxygen atoms in total. The number of ether oxygens (including phenoxy) is 1. The molecule has 9 heteroatoms. The molecule has 0 saturated carbocycles. The molecule has 29 heavy (non-hydrogen) atoms. The van der Waals surface area contributed by atoms with Crippen LogP contribution in [0.2, 0.25) is 0 Å². The molecule has 3 aromatic rings. The SMILES string of the molecule is CCCOc1cc(F)ccc1-c1ncnc(Nc2cccc(CS(C)(=N)=O)c2)n1. The maximum Gasteiger partial charge on any atom is 0.230 e. The molecule has 0 aliphatic rings. The molecule has 0 aliphatic heterocycles. The number of hydrogen-bond donors (Lipinski definition) is 2. The minimum absolute atomic E-state index is 0.165. The van der Waals surface area contributed by atoms with Crippen LogP contribution in [0.4, 0.5) is 16.0 Å². The summed E-state index contributed by atoms with van der Waals surface area (Å²) in [5.74, 6) is 0.803. The first kappa shape index (κ1) is 20.7. The van der Waals surface area contributed by atoms with E-state index in [1.165, 1.54) is 24.7 Å². The van der Waals surface area contributed by atoms with Gasteiger partial charge in [0.25, 0.3) is 0 Å². The van der Waals surface area contributed by atoms with Crippen molar-refractivity contribution >= 4 is 21.4 Å². The summed E-state index contributed by atoms with van der Waals surface area (Å²) in [6.45, 7) is 2.42. The Morgan fingerprint density at radius 1 is 1.21 bits per heavy atom. The molecule has 0 fully saturated rings. The molecule has 3 rings (SSSR count). The highest BCUT2D eigenvalue weighted by atomic mass is 32.2. The summed E-state index contributed by atoms with van der Waals surface area (Å²) < 4.78 is 38.6. The fourth-order valence-electron chi connectivity index (χ4n) is 2.68. The van der Waals surface area contributed by atoms with E-state index in [0.29, 0.717) is 35.4 Å². The number of anilines is 2. The molecule has 0 amide bonds. The molecule has 1 aromatic heterocycles. The predicted molar refractivity (Wildman–Crippen MR) is 111 cm³/mol. The van der Waals surface area contributed by atoms with E-state index in [-0.39, 0.29) is 5.75 Å². The van der Waals surface area contributed by atoms with E-state index < -0.39 is 15.5 Å². The Morgan fingerprint density at radius 2 is 2.03 bits per heavy atom. The first-order valence-corrected chi connectivity index (χ1v) is 11.2. The zero-order valence-corrected chi connectivity index (χ0v) is 17.0. The van der Waals surface area contributed by atoms with Gasteiger partial charge < -0.3 is 10.1 Å². The molecule has 1 unspecified atom stereocenters. The van der Waals surface area contributed by atoms with Crippen molar-refractivity contribution in [3.05, 3.63) is 60.2 Å². The van der Waals surface area contributed by atoms with Crippen molar-refractivity contribution in [3.63, 3.8) is 0 Å². The zero-order valence-electron chi connectivity index (χ0n) is 16.2. The highest BCUT2D eigenvalue weighted by molar-refractivity contribution is 7.90. The third-order valence-electron chi connectivity index (χ3n) is 3.84. The van der Waals surface area contributed by atoms with Crippen LogP contribution < -0.4 is 10.1 Å². The summed E-state index contributed by atoms with van der Waals surface area (Å²) in [7, 11) is -2.64. The second-order valence-electron chi connectivity index (χ2n) is 6.60. The lowest BCUT2D eigenvalue weighted by atomic mass is 10.2. The smallest absolute Gasteiger partial charge is 0.230 e. The highest BCUT2D eigenvalue weighted by Gasteiger charge is 2.12. The van der Waals surface area contributed by atoms with Crippen LogP contribution in [0, 0.1) is 10.6 Å². The van der Waals surface area contributed by atoms with Crippen molar-refractivity contribution in [2.45, 2.75) is 19.1 Å². The van der Waals surface area contributed by atoms with Crippen molar-refractivity contribution in [2.24, 2.45) is 0 Å². The van der Waals surface area contributed by atoms with Crippen LogP contribution in [0.15, 0.2) is 48.8 Å². The van der Waals surface area contributed by atoms with E-state index in [9.17, 15) is 8.60 Å². The third-order valence-corrected chi connectivity index (χ3v) is 4.73. The third kappa shape index (κ3) is 5.95. The Balaban J connectivity index is 1.87. The second kappa shape index (κ2) is 8.95. The van der Waals surface area contributed by atoms with Gasteiger partial charge in [0, 0.05) is 27.7 Å². The number of rotatable bonds is 8. The van der Waals surface area contributed by atoms with E-state index in [2.05, 4.69) is 20.3 Å². The molecule has 152 valence electrons. The molecule has 2 aromatic carbocycles. The molecule has 0 radical (unpaired) electrons. The highest BCUT2D eigenvalue weighted by Crippen LogP contribution is 2.29. The van der Waals surface area contributed by atoms with Crippen LogP contribution in [0.3, 0.4) is 0 Å². The Hall–Kier alpha value is -3.07. The minimum atomic E-state index is -2.64. The summed E-state index contributed by atoms with van der Waals surface area (Å²) in [6.07, 6.45) is 3.56.